The summed E-state index contributed by atoms with van der Waals surface area (Å²) in [5.41, 5.74) is 5.31. The number of anilines is 1. The molecule has 2 aliphatic heterocycles. The second-order valence-corrected chi connectivity index (χ2v) is 9.64. The summed E-state index contributed by atoms with van der Waals surface area (Å²) in [6, 6.07) is 19.7. The standard InChI is InChI=1S/C26H23FN2O2S/c1-17-3-6-19(7-4-17)16-28-23-12-5-18(2)15-22(23)26(25(28)31)29(13-14-32-26)24(30)20-8-10-21(27)11-9-20/h3-12,15H,13-14,16H2,1-2H3/t26-/m0/s1. The highest BCUT2D eigenvalue weighted by Gasteiger charge is 2.59. The molecule has 0 aromatic heterocycles. The van der Waals surface area contributed by atoms with E-state index in [0.717, 1.165) is 27.9 Å². The van der Waals surface area contributed by atoms with E-state index in [0.29, 0.717) is 24.4 Å². The van der Waals surface area contributed by atoms with Gasteiger partial charge in [-0.25, -0.2) is 4.39 Å². The number of benzene rings is 3. The van der Waals surface area contributed by atoms with E-state index in [-0.39, 0.29) is 11.8 Å². The van der Waals surface area contributed by atoms with Crippen LogP contribution in [0.25, 0.3) is 0 Å². The van der Waals surface area contributed by atoms with Crippen LogP contribution in [0, 0.1) is 19.7 Å². The van der Waals surface area contributed by atoms with Gasteiger partial charge >= 0.3 is 0 Å². The predicted octanol–water partition coefficient (Wildman–Crippen LogP) is 5.03. The highest BCUT2D eigenvalue weighted by atomic mass is 32.2. The quantitative estimate of drug-likeness (QED) is 0.567. The lowest BCUT2D eigenvalue weighted by molar-refractivity contribution is -0.123. The van der Waals surface area contributed by atoms with Gasteiger partial charge in [-0.05, 0) is 49.7 Å². The maximum Gasteiger partial charge on any atom is 0.268 e. The van der Waals surface area contributed by atoms with Crippen LogP contribution in [0.4, 0.5) is 10.1 Å². The van der Waals surface area contributed by atoms with Gasteiger partial charge in [0, 0.05) is 23.4 Å². The fourth-order valence-corrected chi connectivity index (χ4v) is 5.96. The van der Waals surface area contributed by atoms with Gasteiger partial charge in [-0.15, -0.1) is 11.8 Å². The van der Waals surface area contributed by atoms with Gasteiger partial charge in [-0.1, -0.05) is 47.5 Å². The van der Waals surface area contributed by atoms with Crippen molar-refractivity contribution in [1.82, 2.24) is 4.90 Å². The molecular weight excluding hydrogens is 423 g/mol. The molecule has 0 bridgehead atoms. The Morgan fingerprint density at radius 3 is 2.41 bits per heavy atom. The Labute approximate surface area is 191 Å². The van der Waals surface area contributed by atoms with Gasteiger partial charge in [0.2, 0.25) is 0 Å². The van der Waals surface area contributed by atoms with Crippen LogP contribution in [0.1, 0.15) is 32.6 Å². The molecule has 2 amide bonds. The second-order valence-electron chi connectivity index (χ2n) is 8.35. The van der Waals surface area contributed by atoms with Gasteiger partial charge in [-0.3, -0.25) is 9.59 Å². The fourth-order valence-electron chi connectivity index (χ4n) is 4.51. The maximum absolute atomic E-state index is 14.0. The van der Waals surface area contributed by atoms with E-state index in [9.17, 15) is 14.0 Å². The lowest BCUT2D eigenvalue weighted by Crippen LogP contribution is -2.50. The molecule has 162 valence electrons. The monoisotopic (exact) mass is 446 g/mol. The number of amides is 2. The Hall–Kier alpha value is -3.12. The minimum Gasteiger partial charge on any atom is -0.311 e. The molecule has 0 aliphatic carbocycles. The minimum atomic E-state index is -1.10. The molecule has 1 atom stereocenters. The smallest absolute Gasteiger partial charge is 0.268 e. The minimum absolute atomic E-state index is 0.100. The fraction of sp³-hybridized carbons (Fsp3) is 0.231. The average molecular weight is 447 g/mol. The molecule has 0 N–H and O–H groups in total. The van der Waals surface area contributed by atoms with Gasteiger partial charge in [0.1, 0.15) is 5.82 Å². The van der Waals surface area contributed by atoms with Crippen LogP contribution in [0.2, 0.25) is 0 Å². The van der Waals surface area contributed by atoms with Crippen molar-refractivity contribution in [3.05, 3.63) is 100 Å². The Morgan fingerprint density at radius 1 is 1.00 bits per heavy atom. The SMILES string of the molecule is Cc1ccc(CN2C(=O)[C@@]3(SCCN3C(=O)c3ccc(F)cc3)c3cc(C)ccc32)cc1. The highest BCUT2D eigenvalue weighted by molar-refractivity contribution is 8.01. The van der Waals surface area contributed by atoms with E-state index in [1.165, 1.54) is 36.0 Å². The van der Waals surface area contributed by atoms with Crippen LogP contribution in [0.5, 0.6) is 0 Å². The molecule has 3 aromatic carbocycles. The Bertz CT molecular complexity index is 1210. The molecule has 4 nitrogen and oxygen atoms in total. The number of fused-ring (bicyclic) bond motifs is 2. The molecule has 6 heteroatoms. The molecule has 3 aromatic rings. The van der Waals surface area contributed by atoms with Crippen molar-refractivity contribution in [3.63, 3.8) is 0 Å². The Morgan fingerprint density at radius 2 is 1.69 bits per heavy atom. The van der Waals surface area contributed by atoms with Crippen molar-refractivity contribution in [3.8, 4) is 0 Å². The van der Waals surface area contributed by atoms with Crippen LogP contribution in [-0.4, -0.2) is 29.0 Å². The van der Waals surface area contributed by atoms with Crippen molar-refractivity contribution >= 4 is 29.3 Å². The number of thioether (sulfide) groups is 1. The summed E-state index contributed by atoms with van der Waals surface area (Å²) >= 11 is 1.50. The van der Waals surface area contributed by atoms with Gasteiger partial charge in [-0.2, -0.15) is 0 Å². The summed E-state index contributed by atoms with van der Waals surface area (Å²) in [6.45, 7) is 4.92. The molecule has 1 spiro atoms. The predicted molar refractivity (Wildman–Crippen MR) is 125 cm³/mol. The van der Waals surface area contributed by atoms with E-state index >= 15 is 0 Å². The third-order valence-electron chi connectivity index (χ3n) is 6.15. The van der Waals surface area contributed by atoms with Crippen LogP contribution in [-0.2, 0) is 16.2 Å². The molecule has 0 saturated carbocycles. The topological polar surface area (TPSA) is 40.6 Å². The average Bonchev–Trinajstić information content (AvgIpc) is 3.32. The summed E-state index contributed by atoms with van der Waals surface area (Å²) < 4.78 is 13.4. The molecule has 5 rings (SSSR count). The second kappa shape index (κ2) is 7.78. The number of carbonyl (C=O) groups is 2. The number of rotatable bonds is 3. The molecule has 1 fully saturated rings. The summed E-state index contributed by atoms with van der Waals surface area (Å²) in [5.74, 6) is -0.0939. The van der Waals surface area contributed by atoms with Crippen molar-refractivity contribution in [2.75, 3.05) is 17.2 Å². The van der Waals surface area contributed by atoms with Crippen LogP contribution in [0.3, 0.4) is 0 Å². The summed E-state index contributed by atoms with van der Waals surface area (Å²) in [5, 5.41) is 0. The number of aryl methyl sites for hydroxylation is 2. The third kappa shape index (κ3) is 3.21. The van der Waals surface area contributed by atoms with Crippen molar-refractivity contribution in [1.29, 1.82) is 0 Å². The largest absolute Gasteiger partial charge is 0.311 e. The van der Waals surface area contributed by atoms with Crippen LogP contribution < -0.4 is 4.90 Å². The van der Waals surface area contributed by atoms with Gasteiger partial charge in [0.25, 0.3) is 11.8 Å². The van der Waals surface area contributed by atoms with Crippen LogP contribution >= 0.6 is 11.8 Å². The molecule has 2 aliphatic rings. The zero-order valence-electron chi connectivity index (χ0n) is 18.0. The van der Waals surface area contributed by atoms with Gasteiger partial charge in [0.15, 0.2) is 4.87 Å². The molecule has 1 saturated heterocycles. The Balaban J connectivity index is 1.58. The van der Waals surface area contributed by atoms with Gasteiger partial charge in [0.05, 0.1) is 12.2 Å². The van der Waals surface area contributed by atoms with E-state index in [1.54, 1.807) is 9.80 Å². The first-order valence-electron chi connectivity index (χ1n) is 10.6. The molecular formula is C26H23FN2O2S. The van der Waals surface area contributed by atoms with E-state index in [1.807, 2.05) is 56.3 Å². The number of halogens is 1. The molecule has 0 unspecified atom stereocenters. The zero-order chi connectivity index (χ0) is 22.5. The summed E-state index contributed by atoms with van der Waals surface area (Å²) in [4.78, 5) is 29.9. The van der Waals surface area contributed by atoms with E-state index in [2.05, 4.69) is 0 Å². The van der Waals surface area contributed by atoms with E-state index < -0.39 is 10.7 Å². The summed E-state index contributed by atoms with van der Waals surface area (Å²) in [7, 11) is 0. The Kier molecular flexibility index (Phi) is 5.05. The molecule has 0 radical (unpaired) electrons. The third-order valence-corrected chi connectivity index (χ3v) is 7.57. The number of hydrogen-bond donors (Lipinski definition) is 0. The highest BCUT2D eigenvalue weighted by Crippen LogP contribution is 2.55. The first-order valence-corrected chi connectivity index (χ1v) is 11.6. The lowest BCUT2D eigenvalue weighted by atomic mass is 10.0. The van der Waals surface area contributed by atoms with E-state index in [4.69, 9.17) is 0 Å². The normalized spacial score (nSPS) is 19.7. The van der Waals surface area contributed by atoms with Crippen molar-refractivity contribution in [2.24, 2.45) is 0 Å². The number of hydrogen-bond acceptors (Lipinski definition) is 3. The molecule has 2 heterocycles. The zero-order valence-corrected chi connectivity index (χ0v) is 18.8. The first-order chi connectivity index (χ1) is 15.4. The van der Waals surface area contributed by atoms with Gasteiger partial charge < -0.3 is 9.80 Å². The number of carbonyl (C=O) groups excluding carboxylic acids is 2. The first kappa shape index (κ1) is 20.8. The molecule has 32 heavy (non-hydrogen) atoms. The van der Waals surface area contributed by atoms with Crippen LogP contribution in [0.15, 0.2) is 66.7 Å². The maximum atomic E-state index is 14.0. The lowest BCUT2D eigenvalue weighted by Gasteiger charge is -2.33. The van der Waals surface area contributed by atoms with Crippen molar-refractivity contribution < 1.29 is 14.0 Å². The van der Waals surface area contributed by atoms with Crippen molar-refractivity contribution in [2.45, 2.75) is 25.3 Å². The summed E-state index contributed by atoms with van der Waals surface area (Å²) in [6.07, 6.45) is 0. The number of nitrogens with zero attached hydrogens (tertiary/aromatic N) is 2.